The van der Waals surface area contributed by atoms with Crippen molar-refractivity contribution in [1.82, 2.24) is 14.8 Å². The van der Waals surface area contributed by atoms with Crippen LogP contribution in [0.3, 0.4) is 0 Å². The summed E-state index contributed by atoms with van der Waals surface area (Å²) >= 11 is 0. The topological polar surface area (TPSA) is 68.0 Å². The summed E-state index contributed by atoms with van der Waals surface area (Å²) in [5.41, 5.74) is -0.784. The lowest BCUT2D eigenvalue weighted by atomic mass is 9.81. The maximum absolute atomic E-state index is 11.2. The number of hydrogen-bond donors (Lipinski definition) is 1. The second-order valence-corrected chi connectivity index (χ2v) is 5.15. The number of ketones is 1. The van der Waals surface area contributed by atoms with Crippen LogP contribution in [0.5, 0.6) is 0 Å². The molecule has 5 nitrogen and oxygen atoms in total. The molecule has 0 radical (unpaired) electrons. The van der Waals surface area contributed by atoms with E-state index in [9.17, 15) is 9.90 Å². The molecule has 0 aromatic carbocycles. The van der Waals surface area contributed by atoms with Gasteiger partial charge in [-0.05, 0) is 26.7 Å². The van der Waals surface area contributed by atoms with E-state index in [1.54, 1.807) is 0 Å². The van der Waals surface area contributed by atoms with E-state index >= 15 is 0 Å². The number of nitrogens with zero attached hydrogens (tertiary/aromatic N) is 3. The molecule has 1 saturated carbocycles. The first kappa shape index (κ1) is 12.2. The van der Waals surface area contributed by atoms with Crippen LogP contribution in [-0.2, 0) is 11.2 Å². The monoisotopic (exact) mass is 237 g/mol. The van der Waals surface area contributed by atoms with Gasteiger partial charge < -0.3 is 5.11 Å². The molecule has 0 bridgehead atoms. The van der Waals surface area contributed by atoms with Crippen LogP contribution in [-0.4, -0.2) is 31.3 Å². The first-order valence-corrected chi connectivity index (χ1v) is 6.13. The molecule has 0 aliphatic heterocycles. The van der Waals surface area contributed by atoms with Gasteiger partial charge in [0.1, 0.15) is 17.9 Å². The number of carbonyl (C=O) groups is 1. The van der Waals surface area contributed by atoms with E-state index in [1.165, 1.54) is 6.33 Å². The highest BCUT2D eigenvalue weighted by molar-refractivity contribution is 5.79. The molecule has 0 unspecified atom stereocenters. The summed E-state index contributed by atoms with van der Waals surface area (Å²) < 4.78 is 1.83. The smallest absolute Gasteiger partial charge is 0.138 e. The predicted molar refractivity (Wildman–Crippen MR) is 62.5 cm³/mol. The standard InChI is InChI=1S/C12H19N3O2/c1-9(2)15-11(13-8-14-15)7-12(17)5-3-10(16)4-6-12/h8-9,17H,3-7H2,1-2H3. The summed E-state index contributed by atoms with van der Waals surface area (Å²) in [6.07, 6.45) is 4.04. The fourth-order valence-electron chi connectivity index (χ4n) is 2.30. The van der Waals surface area contributed by atoms with Gasteiger partial charge in [0.25, 0.3) is 0 Å². The molecule has 5 heteroatoms. The van der Waals surface area contributed by atoms with Gasteiger partial charge in [-0.15, -0.1) is 0 Å². The Hall–Kier alpha value is -1.23. The number of carbonyl (C=O) groups excluding carboxylic acids is 1. The third-order valence-electron chi connectivity index (χ3n) is 3.36. The lowest BCUT2D eigenvalue weighted by Gasteiger charge is -2.31. The molecule has 0 spiro atoms. The fourth-order valence-corrected chi connectivity index (χ4v) is 2.30. The molecule has 1 heterocycles. The van der Waals surface area contributed by atoms with Crippen molar-refractivity contribution in [3.05, 3.63) is 12.2 Å². The van der Waals surface area contributed by atoms with Gasteiger partial charge in [0.15, 0.2) is 0 Å². The van der Waals surface area contributed by atoms with Crippen molar-refractivity contribution in [1.29, 1.82) is 0 Å². The van der Waals surface area contributed by atoms with E-state index in [1.807, 2.05) is 18.5 Å². The zero-order valence-corrected chi connectivity index (χ0v) is 10.4. The zero-order chi connectivity index (χ0) is 12.5. The highest BCUT2D eigenvalue weighted by atomic mass is 16.3. The Morgan fingerprint density at radius 3 is 2.71 bits per heavy atom. The van der Waals surface area contributed by atoms with E-state index in [4.69, 9.17) is 0 Å². The summed E-state index contributed by atoms with van der Waals surface area (Å²) in [6, 6.07) is 0.237. The number of aliphatic hydroxyl groups is 1. The van der Waals surface area contributed by atoms with Crippen LogP contribution in [0.15, 0.2) is 6.33 Å². The Bertz CT molecular complexity index is 402. The fraction of sp³-hybridized carbons (Fsp3) is 0.750. The van der Waals surface area contributed by atoms with Crippen molar-refractivity contribution in [2.75, 3.05) is 0 Å². The van der Waals surface area contributed by atoms with E-state index in [0.717, 1.165) is 5.82 Å². The Kier molecular flexibility index (Phi) is 3.28. The highest BCUT2D eigenvalue weighted by Crippen LogP contribution is 2.29. The van der Waals surface area contributed by atoms with Gasteiger partial charge in [0.2, 0.25) is 0 Å². The molecule has 1 fully saturated rings. The van der Waals surface area contributed by atoms with E-state index < -0.39 is 5.60 Å². The Morgan fingerprint density at radius 1 is 1.47 bits per heavy atom. The first-order valence-electron chi connectivity index (χ1n) is 6.13. The van der Waals surface area contributed by atoms with Gasteiger partial charge in [-0.2, -0.15) is 5.10 Å². The maximum Gasteiger partial charge on any atom is 0.138 e. The third kappa shape index (κ3) is 2.72. The number of rotatable bonds is 3. The molecular weight excluding hydrogens is 218 g/mol. The van der Waals surface area contributed by atoms with E-state index in [0.29, 0.717) is 32.1 Å². The lowest BCUT2D eigenvalue weighted by Crippen LogP contribution is -2.37. The molecule has 2 rings (SSSR count). The Morgan fingerprint density at radius 2 is 2.12 bits per heavy atom. The normalized spacial score (nSPS) is 19.9. The van der Waals surface area contributed by atoms with Gasteiger partial charge in [0, 0.05) is 25.3 Å². The SMILES string of the molecule is CC(C)n1ncnc1CC1(O)CCC(=O)CC1. The molecule has 1 aromatic heterocycles. The van der Waals surface area contributed by atoms with Crippen molar-refractivity contribution < 1.29 is 9.90 Å². The number of hydrogen-bond acceptors (Lipinski definition) is 4. The molecule has 1 aliphatic rings. The summed E-state index contributed by atoms with van der Waals surface area (Å²) in [4.78, 5) is 15.4. The van der Waals surface area contributed by atoms with Crippen LogP contribution in [0.25, 0.3) is 0 Å². The molecule has 0 saturated heterocycles. The Labute approximate surface area is 101 Å². The van der Waals surface area contributed by atoms with Gasteiger partial charge in [-0.3, -0.25) is 4.79 Å². The quantitative estimate of drug-likeness (QED) is 0.859. The van der Waals surface area contributed by atoms with E-state index in [2.05, 4.69) is 10.1 Å². The lowest BCUT2D eigenvalue weighted by molar-refractivity contribution is -0.125. The minimum absolute atomic E-state index is 0.237. The summed E-state index contributed by atoms with van der Waals surface area (Å²) in [5, 5.41) is 14.6. The molecule has 1 N–H and O–H groups in total. The molecule has 0 atom stereocenters. The zero-order valence-electron chi connectivity index (χ0n) is 10.4. The largest absolute Gasteiger partial charge is 0.389 e. The molecule has 1 aliphatic carbocycles. The average Bonchev–Trinajstić information content (AvgIpc) is 2.71. The van der Waals surface area contributed by atoms with Crippen LogP contribution in [0, 0.1) is 0 Å². The van der Waals surface area contributed by atoms with Gasteiger partial charge in [-0.25, -0.2) is 9.67 Å². The van der Waals surface area contributed by atoms with Crippen LogP contribution in [0.2, 0.25) is 0 Å². The maximum atomic E-state index is 11.2. The number of aromatic nitrogens is 3. The second kappa shape index (κ2) is 4.56. The predicted octanol–water partition coefficient (Wildman–Crippen LogP) is 1.28. The molecular formula is C12H19N3O2. The summed E-state index contributed by atoms with van der Waals surface area (Å²) in [6.45, 7) is 4.07. The van der Waals surface area contributed by atoms with Crippen molar-refractivity contribution >= 4 is 5.78 Å². The molecule has 94 valence electrons. The van der Waals surface area contributed by atoms with Crippen molar-refractivity contribution in [3.63, 3.8) is 0 Å². The average molecular weight is 237 g/mol. The van der Waals surface area contributed by atoms with E-state index in [-0.39, 0.29) is 11.8 Å². The van der Waals surface area contributed by atoms with Crippen LogP contribution in [0.1, 0.15) is 51.4 Å². The van der Waals surface area contributed by atoms with Gasteiger partial charge >= 0.3 is 0 Å². The third-order valence-corrected chi connectivity index (χ3v) is 3.36. The van der Waals surface area contributed by atoms with Crippen LogP contribution >= 0.6 is 0 Å². The number of Topliss-reactive ketones (excluding diaryl/α,β-unsaturated/α-hetero) is 1. The summed E-state index contributed by atoms with van der Waals surface area (Å²) in [7, 11) is 0. The van der Waals surface area contributed by atoms with Crippen LogP contribution in [0.4, 0.5) is 0 Å². The van der Waals surface area contributed by atoms with Crippen molar-refractivity contribution in [3.8, 4) is 0 Å². The minimum Gasteiger partial charge on any atom is -0.389 e. The van der Waals surface area contributed by atoms with Crippen molar-refractivity contribution in [2.45, 2.75) is 57.6 Å². The molecule has 0 amide bonds. The van der Waals surface area contributed by atoms with Crippen LogP contribution < -0.4 is 0 Å². The second-order valence-electron chi connectivity index (χ2n) is 5.15. The van der Waals surface area contributed by atoms with Crippen molar-refractivity contribution in [2.24, 2.45) is 0 Å². The first-order chi connectivity index (χ1) is 8.00. The van der Waals surface area contributed by atoms with Gasteiger partial charge in [0.05, 0.1) is 5.60 Å². The summed E-state index contributed by atoms with van der Waals surface area (Å²) in [5.74, 6) is 1.05. The Balaban J connectivity index is 2.09. The van der Waals surface area contributed by atoms with Gasteiger partial charge in [-0.1, -0.05) is 0 Å². The minimum atomic E-state index is -0.784. The molecule has 1 aromatic rings. The molecule has 17 heavy (non-hydrogen) atoms. The highest BCUT2D eigenvalue weighted by Gasteiger charge is 2.34.